The number of rotatable bonds is 2. The summed E-state index contributed by atoms with van der Waals surface area (Å²) in [5, 5.41) is 0. The highest BCUT2D eigenvalue weighted by Crippen LogP contribution is 2.29. The zero-order valence-corrected chi connectivity index (χ0v) is 11.2. The van der Waals surface area contributed by atoms with E-state index in [1.165, 1.54) is 4.68 Å². The SMILES string of the molecule is Cc1cccc(-c2nc(-c3ccccc3)n(N)c2N)c1. The molecule has 0 aliphatic rings. The van der Waals surface area contributed by atoms with E-state index in [-0.39, 0.29) is 0 Å². The van der Waals surface area contributed by atoms with Crippen molar-refractivity contribution in [1.29, 1.82) is 0 Å². The molecule has 0 aliphatic heterocycles. The summed E-state index contributed by atoms with van der Waals surface area (Å²) in [6.07, 6.45) is 0. The second kappa shape index (κ2) is 4.74. The van der Waals surface area contributed by atoms with Gasteiger partial charge in [-0.25, -0.2) is 9.66 Å². The van der Waals surface area contributed by atoms with Crippen molar-refractivity contribution in [3.63, 3.8) is 0 Å². The Bertz CT molecular complexity index is 744. The maximum atomic E-state index is 6.10. The Hall–Kier alpha value is -2.75. The van der Waals surface area contributed by atoms with E-state index in [1.54, 1.807) is 0 Å². The van der Waals surface area contributed by atoms with Crippen LogP contribution in [-0.4, -0.2) is 9.66 Å². The molecular formula is C16H16N4. The lowest BCUT2D eigenvalue weighted by atomic mass is 10.1. The van der Waals surface area contributed by atoms with E-state index >= 15 is 0 Å². The molecule has 0 amide bonds. The first-order valence-electron chi connectivity index (χ1n) is 6.42. The molecule has 0 saturated heterocycles. The molecule has 1 aromatic heterocycles. The number of anilines is 1. The molecule has 4 N–H and O–H groups in total. The molecule has 20 heavy (non-hydrogen) atoms. The molecule has 3 rings (SSSR count). The van der Waals surface area contributed by atoms with Gasteiger partial charge in [-0.2, -0.15) is 0 Å². The van der Waals surface area contributed by atoms with Crippen LogP contribution in [0.4, 0.5) is 5.82 Å². The van der Waals surface area contributed by atoms with Crippen molar-refractivity contribution in [3.05, 3.63) is 60.2 Å². The Morgan fingerprint density at radius 1 is 0.950 bits per heavy atom. The van der Waals surface area contributed by atoms with E-state index in [1.807, 2.05) is 61.5 Å². The Balaban J connectivity index is 2.16. The Morgan fingerprint density at radius 2 is 1.65 bits per heavy atom. The van der Waals surface area contributed by atoms with Gasteiger partial charge in [-0.15, -0.1) is 0 Å². The maximum Gasteiger partial charge on any atom is 0.160 e. The zero-order chi connectivity index (χ0) is 14.1. The van der Waals surface area contributed by atoms with Crippen LogP contribution in [0, 0.1) is 6.92 Å². The minimum atomic E-state index is 0.467. The van der Waals surface area contributed by atoms with E-state index in [0.717, 1.165) is 22.4 Å². The van der Waals surface area contributed by atoms with Crippen molar-refractivity contribution in [1.82, 2.24) is 9.66 Å². The van der Waals surface area contributed by atoms with E-state index in [0.29, 0.717) is 11.6 Å². The van der Waals surface area contributed by atoms with Gasteiger partial charge in [0.15, 0.2) is 11.6 Å². The van der Waals surface area contributed by atoms with Gasteiger partial charge in [-0.05, 0) is 13.0 Å². The summed E-state index contributed by atoms with van der Waals surface area (Å²) in [6.45, 7) is 2.04. The summed E-state index contributed by atoms with van der Waals surface area (Å²) in [5.74, 6) is 7.17. The van der Waals surface area contributed by atoms with Crippen LogP contribution in [0.5, 0.6) is 0 Å². The highest BCUT2D eigenvalue weighted by atomic mass is 15.4. The molecule has 100 valence electrons. The highest BCUT2D eigenvalue weighted by molar-refractivity contribution is 5.75. The minimum Gasteiger partial charge on any atom is -0.382 e. The summed E-state index contributed by atoms with van der Waals surface area (Å²) in [5.41, 5.74) is 9.90. The van der Waals surface area contributed by atoms with Gasteiger partial charge >= 0.3 is 0 Å². The highest BCUT2D eigenvalue weighted by Gasteiger charge is 2.15. The monoisotopic (exact) mass is 264 g/mol. The van der Waals surface area contributed by atoms with Crippen LogP contribution in [0.15, 0.2) is 54.6 Å². The van der Waals surface area contributed by atoms with Gasteiger partial charge in [0.05, 0.1) is 0 Å². The molecule has 0 spiro atoms. The van der Waals surface area contributed by atoms with Crippen LogP contribution in [0.1, 0.15) is 5.56 Å². The summed E-state index contributed by atoms with van der Waals surface area (Å²) in [7, 11) is 0. The van der Waals surface area contributed by atoms with Gasteiger partial charge in [0.2, 0.25) is 0 Å². The minimum absolute atomic E-state index is 0.467. The zero-order valence-electron chi connectivity index (χ0n) is 11.2. The lowest BCUT2D eigenvalue weighted by Gasteiger charge is -2.02. The lowest BCUT2D eigenvalue weighted by molar-refractivity contribution is 1.02. The van der Waals surface area contributed by atoms with Crippen molar-refractivity contribution >= 4 is 5.82 Å². The molecule has 0 saturated carbocycles. The molecule has 3 aromatic rings. The van der Waals surface area contributed by atoms with Gasteiger partial charge < -0.3 is 11.6 Å². The summed E-state index contributed by atoms with van der Waals surface area (Å²) < 4.78 is 1.44. The third-order valence-corrected chi connectivity index (χ3v) is 3.27. The third-order valence-electron chi connectivity index (χ3n) is 3.27. The van der Waals surface area contributed by atoms with Crippen LogP contribution in [0.3, 0.4) is 0 Å². The van der Waals surface area contributed by atoms with Gasteiger partial charge in [0.1, 0.15) is 5.69 Å². The number of nitrogens with zero attached hydrogens (tertiary/aromatic N) is 2. The van der Waals surface area contributed by atoms with Gasteiger partial charge in [-0.1, -0.05) is 54.1 Å². The van der Waals surface area contributed by atoms with Gasteiger partial charge in [-0.3, -0.25) is 0 Å². The number of nitrogen functional groups attached to an aromatic ring is 2. The van der Waals surface area contributed by atoms with E-state index in [4.69, 9.17) is 11.6 Å². The van der Waals surface area contributed by atoms with Crippen LogP contribution in [-0.2, 0) is 0 Å². The number of hydrogen-bond donors (Lipinski definition) is 2. The van der Waals surface area contributed by atoms with Crippen LogP contribution >= 0.6 is 0 Å². The van der Waals surface area contributed by atoms with Crippen molar-refractivity contribution in [2.45, 2.75) is 6.92 Å². The van der Waals surface area contributed by atoms with Crippen molar-refractivity contribution < 1.29 is 0 Å². The fourth-order valence-electron chi connectivity index (χ4n) is 2.24. The standard InChI is InChI=1S/C16H16N4/c1-11-6-5-9-13(10-11)14-15(17)20(18)16(19-14)12-7-3-2-4-8-12/h2-10H,17-18H2,1H3. The number of nitrogens with two attached hydrogens (primary N) is 2. The molecule has 4 heteroatoms. The first-order chi connectivity index (χ1) is 9.66. The van der Waals surface area contributed by atoms with Crippen LogP contribution in [0.2, 0.25) is 0 Å². The first-order valence-corrected chi connectivity index (χ1v) is 6.42. The number of hydrogen-bond acceptors (Lipinski definition) is 3. The Morgan fingerprint density at radius 3 is 2.35 bits per heavy atom. The quantitative estimate of drug-likeness (QED) is 0.699. The first kappa shape index (κ1) is 12.3. The molecule has 0 unspecified atom stereocenters. The molecule has 4 nitrogen and oxygen atoms in total. The molecule has 0 atom stereocenters. The van der Waals surface area contributed by atoms with Gasteiger partial charge in [0.25, 0.3) is 0 Å². The van der Waals surface area contributed by atoms with E-state index in [9.17, 15) is 0 Å². The Labute approximate surface area is 117 Å². The predicted octanol–water partition coefficient (Wildman–Crippen LogP) is 2.82. The topological polar surface area (TPSA) is 69.9 Å². The summed E-state index contributed by atoms with van der Waals surface area (Å²) in [6, 6.07) is 17.8. The van der Waals surface area contributed by atoms with Crippen molar-refractivity contribution in [2.24, 2.45) is 0 Å². The normalized spacial score (nSPS) is 10.7. The van der Waals surface area contributed by atoms with Crippen LogP contribution in [0.25, 0.3) is 22.6 Å². The number of imidazole rings is 1. The number of aryl methyl sites for hydroxylation is 1. The second-order valence-corrected chi connectivity index (χ2v) is 4.77. The average molecular weight is 264 g/mol. The number of aromatic nitrogens is 2. The van der Waals surface area contributed by atoms with Gasteiger partial charge in [0, 0.05) is 11.1 Å². The predicted molar refractivity (Wildman–Crippen MR) is 82.4 cm³/mol. The molecular weight excluding hydrogens is 248 g/mol. The van der Waals surface area contributed by atoms with Crippen molar-refractivity contribution in [2.75, 3.05) is 11.6 Å². The molecule has 0 bridgehead atoms. The Kier molecular flexibility index (Phi) is 2.91. The number of benzene rings is 2. The molecule has 1 heterocycles. The lowest BCUT2D eigenvalue weighted by Crippen LogP contribution is -2.13. The fraction of sp³-hybridized carbons (Fsp3) is 0.0625. The summed E-state index contributed by atoms with van der Waals surface area (Å²) in [4.78, 5) is 4.60. The second-order valence-electron chi connectivity index (χ2n) is 4.77. The molecule has 2 aromatic carbocycles. The molecule has 0 aliphatic carbocycles. The van der Waals surface area contributed by atoms with E-state index in [2.05, 4.69) is 4.98 Å². The fourth-order valence-corrected chi connectivity index (χ4v) is 2.24. The largest absolute Gasteiger partial charge is 0.382 e. The maximum absolute atomic E-state index is 6.10. The van der Waals surface area contributed by atoms with E-state index < -0.39 is 0 Å². The smallest absolute Gasteiger partial charge is 0.160 e. The van der Waals surface area contributed by atoms with Crippen LogP contribution < -0.4 is 11.6 Å². The molecule has 0 fully saturated rings. The third kappa shape index (κ3) is 2.01. The summed E-state index contributed by atoms with van der Waals surface area (Å²) >= 11 is 0. The molecule has 0 radical (unpaired) electrons. The van der Waals surface area contributed by atoms with Crippen molar-refractivity contribution in [3.8, 4) is 22.6 Å². The average Bonchev–Trinajstić information content (AvgIpc) is 2.76.